The van der Waals surface area contributed by atoms with Crippen LogP contribution in [0.3, 0.4) is 0 Å². The van der Waals surface area contributed by atoms with E-state index in [0.717, 1.165) is 23.0 Å². The van der Waals surface area contributed by atoms with Gasteiger partial charge in [-0.1, -0.05) is 23.7 Å². The highest BCUT2D eigenvalue weighted by Crippen LogP contribution is 2.29. The molecule has 1 heterocycles. The van der Waals surface area contributed by atoms with E-state index in [-0.39, 0.29) is 10.6 Å². The first-order valence-corrected chi connectivity index (χ1v) is 8.94. The van der Waals surface area contributed by atoms with Gasteiger partial charge < -0.3 is 11.1 Å². The predicted octanol–water partition coefficient (Wildman–Crippen LogP) is 4.37. The van der Waals surface area contributed by atoms with E-state index in [1.165, 1.54) is 6.07 Å². The number of hydrogen-bond acceptors (Lipinski definition) is 3. The summed E-state index contributed by atoms with van der Waals surface area (Å²) in [5.74, 6) is -1.62. The van der Waals surface area contributed by atoms with Crippen molar-refractivity contribution in [2.45, 2.75) is 0 Å². The van der Waals surface area contributed by atoms with Gasteiger partial charge >= 0.3 is 0 Å². The van der Waals surface area contributed by atoms with E-state index in [0.29, 0.717) is 22.5 Å². The fraction of sp³-hybridized carbons (Fsp3) is 0. The molecule has 6 nitrogen and oxygen atoms in total. The number of carbonyl (C=O) groups is 2. The van der Waals surface area contributed by atoms with Gasteiger partial charge in [0.25, 0.3) is 5.91 Å². The standard InChI is InChI=1S/C21H14ClFN4O2/c22-14-6-13(7-15(23)10-14)21(29)25-16-3-1-2-11(8-16)19-17-9-12(20(24)28)4-5-18(17)26-27-19/h1-10H,(H2,24,28)(H,25,29)(H,26,27). The van der Waals surface area contributed by atoms with E-state index in [4.69, 9.17) is 17.3 Å². The molecule has 0 saturated carbocycles. The minimum Gasteiger partial charge on any atom is -0.366 e. The SMILES string of the molecule is NC(=O)c1ccc2[nH]nc(-c3cccc(NC(=O)c4cc(F)cc(Cl)c4)c3)c2c1. The van der Waals surface area contributed by atoms with Crippen LogP contribution in [0.25, 0.3) is 22.2 Å². The lowest BCUT2D eigenvalue weighted by molar-refractivity contribution is 0.0997. The fourth-order valence-corrected chi connectivity index (χ4v) is 3.24. The van der Waals surface area contributed by atoms with Gasteiger partial charge in [-0.05, 0) is 48.5 Å². The lowest BCUT2D eigenvalue weighted by atomic mass is 10.0. The molecule has 0 bridgehead atoms. The third-order valence-corrected chi connectivity index (χ3v) is 4.58. The largest absolute Gasteiger partial charge is 0.366 e. The molecule has 29 heavy (non-hydrogen) atoms. The molecule has 2 amide bonds. The summed E-state index contributed by atoms with van der Waals surface area (Å²) in [6.45, 7) is 0. The Balaban J connectivity index is 1.67. The molecule has 3 aromatic carbocycles. The van der Waals surface area contributed by atoms with Crippen LogP contribution in [0.4, 0.5) is 10.1 Å². The molecule has 0 aliphatic heterocycles. The number of hydrogen-bond donors (Lipinski definition) is 3. The number of nitrogens with zero attached hydrogens (tertiary/aromatic N) is 1. The maximum atomic E-state index is 13.5. The Morgan fingerprint density at radius 2 is 1.86 bits per heavy atom. The van der Waals surface area contributed by atoms with Gasteiger partial charge in [0.2, 0.25) is 5.91 Å². The maximum Gasteiger partial charge on any atom is 0.255 e. The van der Waals surface area contributed by atoms with Crippen LogP contribution in [0, 0.1) is 5.82 Å². The Kier molecular flexibility index (Phi) is 4.74. The summed E-state index contributed by atoms with van der Waals surface area (Å²) in [4.78, 5) is 23.9. The summed E-state index contributed by atoms with van der Waals surface area (Å²) in [5.41, 5.74) is 8.40. The molecule has 0 atom stereocenters. The molecule has 4 N–H and O–H groups in total. The molecule has 1 aromatic heterocycles. The van der Waals surface area contributed by atoms with E-state index < -0.39 is 17.6 Å². The van der Waals surface area contributed by atoms with Gasteiger partial charge in [-0.3, -0.25) is 14.7 Å². The first kappa shape index (κ1) is 18.6. The number of benzene rings is 3. The number of H-pyrrole nitrogens is 1. The van der Waals surface area contributed by atoms with Crippen molar-refractivity contribution in [2.24, 2.45) is 5.73 Å². The highest BCUT2D eigenvalue weighted by atomic mass is 35.5. The minimum absolute atomic E-state index is 0.108. The Morgan fingerprint density at radius 3 is 2.62 bits per heavy atom. The average molecular weight is 409 g/mol. The number of nitrogens with two attached hydrogens (primary N) is 1. The van der Waals surface area contributed by atoms with Gasteiger partial charge in [-0.15, -0.1) is 0 Å². The second-order valence-electron chi connectivity index (χ2n) is 6.39. The average Bonchev–Trinajstić information content (AvgIpc) is 3.10. The minimum atomic E-state index is -0.593. The van der Waals surface area contributed by atoms with Crippen molar-refractivity contribution in [1.82, 2.24) is 10.2 Å². The van der Waals surface area contributed by atoms with Crippen LogP contribution in [0.2, 0.25) is 5.02 Å². The summed E-state index contributed by atoms with van der Waals surface area (Å²) in [6, 6.07) is 15.6. The van der Waals surface area contributed by atoms with Crippen LogP contribution in [0.5, 0.6) is 0 Å². The number of anilines is 1. The zero-order valence-electron chi connectivity index (χ0n) is 14.9. The Morgan fingerprint density at radius 1 is 1.03 bits per heavy atom. The van der Waals surface area contributed by atoms with Crippen molar-refractivity contribution in [3.63, 3.8) is 0 Å². The number of carbonyl (C=O) groups excluding carboxylic acids is 2. The molecule has 0 spiro atoms. The molecule has 0 aliphatic carbocycles. The number of aromatic amines is 1. The van der Waals surface area contributed by atoms with Crippen LogP contribution >= 0.6 is 11.6 Å². The Hall–Kier alpha value is -3.71. The summed E-state index contributed by atoms with van der Waals surface area (Å²) in [7, 11) is 0. The van der Waals surface area contributed by atoms with Crippen molar-refractivity contribution in [2.75, 3.05) is 5.32 Å². The van der Waals surface area contributed by atoms with Gasteiger partial charge in [0.15, 0.2) is 0 Å². The summed E-state index contributed by atoms with van der Waals surface area (Å²) in [6.07, 6.45) is 0. The number of aromatic nitrogens is 2. The van der Waals surface area contributed by atoms with Crippen LogP contribution in [-0.4, -0.2) is 22.0 Å². The molecule has 8 heteroatoms. The number of amides is 2. The van der Waals surface area contributed by atoms with Crippen molar-refractivity contribution in [1.29, 1.82) is 0 Å². The maximum absolute atomic E-state index is 13.5. The molecule has 0 aliphatic rings. The van der Waals surface area contributed by atoms with Crippen molar-refractivity contribution >= 4 is 40.0 Å². The van der Waals surface area contributed by atoms with Gasteiger partial charge in [-0.2, -0.15) is 5.10 Å². The molecule has 0 unspecified atom stereocenters. The lowest BCUT2D eigenvalue weighted by Gasteiger charge is -2.08. The molecule has 0 radical (unpaired) electrons. The third kappa shape index (κ3) is 3.81. The third-order valence-electron chi connectivity index (χ3n) is 4.37. The molecule has 144 valence electrons. The van der Waals surface area contributed by atoms with E-state index in [9.17, 15) is 14.0 Å². The van der Waals surface area contributed by atoms with Gasteiger partial charge in [-0.25, -0.2) is 4.39 Å². The number of primary amides is 1. The zero-order chi connectivity index (χ0) is 20.5. The van der Waals surface area contributed by atoms with Crippen molar-refractivity contribution < 1.29 is 14.0 Å². The smallest absolute Gasteiger partial charge is 0.255 e. The normalized spacial score (nSPS) is 10.8. The van der Waals surface area contributed by atoms with Crippen LogP contribution in [0.1, 0.15) is 20.7 Å². The summed E-state index contributed by atoms with van der Waals surface area (Å²) < 4.78 is 13.5. The zero-order valence-corrected chi connectivity index (χ0v) is 15.6. The first-order valence-electron chi connectivity index (χ1n) is 8.56. The highest BCUT2D eigenvalue weighted by molar-refractivity contribution is 6.31. The highest BCUT2D eigenvalue weighted by Gasteiger charge is 2.13. The van der Waals surface area contributed by atoms with Gasteiger partial charge in [0, 0.05) is 32.8 Å². The van der Waals surface area contributed by atoms with E-state index in [1.54, 1.807) is 36.4 Å². The number of halogens is 2. The number of fused-ring (bicyclic) bond motifs is 1. The lowest BCUT2D eigenvalue weighted by Crippen LogP contribution is -2.12. The molecule has 4 aromatic rings. The molecule has 4 rings (SSSR count). The fourth-order valence-electron chi connectivity index (χ4n) is 3.02. The number of nitrogens with one attached hydrogen (secondary N) is 2. The van der Waals surface area contributed by atoms with Crippen LogP contribution in [-0.2, 0) is 0 Å². The predicted molar refractivity (Wildman–Crippen MR) is 109 cm³/mol. The second kappa shape index (κ2) is 7.37. The summed E-state index contributed by atoms with van der Waals surface area (Å²) >= 11 is 5.82. The first-order chi connectivity index (χ1) is 13.9. The monoisotopic (exact) mass is 408 g/mol. The molecular weight excluding hydrogens is 395 g/mol. The Labute approximate surface area is 169 Å². The van der Waals surface area contributed by atoms with Gasteiger partial charge in [0.05, 0.1) is 11.2 Å². The quantitative estimate of drug-likeness (QED) is 0.467. The topological polar surface area (TPSA) is 101 Å². The molecule has 0 saturated heterocycles. The number of rotatable bonds is 4. The van der Waals surface area contributed by atoms with Crippen LogP contribution in [0.15, 0.2) is 60.7 Å². The van der Waals surface area contributed by atoms with E-state index >= 15 is 0 Å². The van der Waals surface area contributed by atoms with E-state index in [2.05, 4.69) is 15.5 Å². The summed E-state index contributed by atoms with van der Waals surface area (Å²) in [5, 5.41) is 10.8. The van der Waals surface area contributed by atoms with E-state index in [1.807, 2.05) is 6.07 Å². The molecular formula is C21H14ClFN4O2. The van der Waals surface area contributed by atoms with Crippen molar-refractivity contribution in [3.05, 3.63) is 82.6 Å². The van der Waals surface area contributed by atoms with Crippen LogP contribution < -0.4 is 11.1 Å². The Bertz CT molecular complexity index is 1250. The van der Waals surface area contributed by atoms with Gasteiger partial charge in [0.1, 0.15) is 5.82 Å². The second-order valence-corrected chi connectivity index (χ2v) is 6.83. The van der Waals surface area contributed by atoms with Crippen molar-refractivity contribution in [3.8, 4) is 11.3 Å². The molecule has 0 fully saturated rings.